The molecule has 0 bridgehead atoms. The average Bonchev–Trinajstić information content (AvgIpc) is 2.45. The minimum atomic E-state index is -1.01. The van der Waals surface area contributed by atoms with Crippen molar-refractivity contribution in [2.24, 2.45) is 11.8 Å². The first-order valence-electron chi connectivity index (χ1n) is 7.07. The summed E-state index contributed by atoms with van der Waals surface area (Å²) in [4.78, 5) is 23.6. The van der Waals surface area contributed by atoms with Gasteiger partial charge in [0.05, 0.1) is 5.92 Å². The third-order valence-electron chi connectivity index (χ3n) is 3.69. The molecule has 0 aliphatic rings. The van der Waals surface area contributed by atoms with Crippen LogP contribution >= 0.6 is 12.6 Å². The number of carboxylic acid groups (broad SMARTS) is 1. The summed E-state index contributed by atoms with van der Waals surface area (Å²) in [6, 6.07) is 8.83. The lowest BCUT2D eigenvalue weighted by molar-refractivity contribution is -0.143. The topological polar surface area (TPSA) is 66.4 Å². The van der Waals surface area contributed by atoms with E-state index < -0.39 is 12.0 Å². The first-order valence-corrected chi connectivity index (χ1v) is 7.70. The summed E-state index contributed by atoms with van der Waals surface area (Å²) in [5.74, 6) is -1.46. The second-order valence-corrected chi connectivity index (χ2v) is 5.92. The molecule has 0 aliphatic carbocycles. The molecule has 0 radical (unpaired) electrons. The van der Waals surface area contributed by atoms with Crippen molar-refractivity contribution in [1.29, 1.82) is 0 Å². The van der Waals surface area contributed by atoms with Gasteiger partial charge in [-0.2, -0.15) is 12.6 Å². The van der Waals surface area contributed by atoms with Crippen LogP contribution in [0.1, 0.15) is 32.3 Å². The van der Waals surface area contributed by atoms with Crippen molar-refractivity contribution in [2.45, 2.75) is 32.7 Å². The van der Waals surface area contributed by atoms with Crippen molar-refractivity contribution in [3.63, 3.8) is 0 Å². The van der Waals surface area contributed by atoms with E-state index in [1.165, 1.54) is 0 Å². The number of carbonyl (C=O) groups is 2. The zero-order valence-corrected chi connectivity index (χ0v) is 13.5. The molecule has 5 heteroatoms. The van der Waals surface area contributed by atoms with Crippen LogP contribution in [0.4, 0.5) is 0 Å². The van der Waals surface area contributed by atoms with Gasteiger partial charge in [-0.15, -0.1) is 0 Å². The number of hydrogen-bond acceptors (Lipinski definition) is 3. The van der Waals surface area contributed by atoms with Crippen LogP contribution in [0.3, 0.4) is 0 Å². The summed E-state index contributed by atoms with van der Waals surface area (Å²) in [5.41, 5.74) is 1.04. The first kappa shape index (κ1) is 17.6. The maximum Gasteiger partial charge on any atom is 0.326 e. The van der Waals surface area contributed by atoms with E-state index in [1.807, 2.05) is 37.3 Å². The van der Waals surface area contributed by atoms with Gasteiger partial charge in [-0.1, -0.05) is 51.1 Å². The van der Waals surface area contributed by atoms with Crippen LogP contribution in [0.5, 0.6) is 0 Å². The van der Waals surface area contributed by atoms with E-state index >= 15 is 0 Å². The van der Waals surface area contributed by atoms with Gasteiger partial charge in [0.1, 0.15) is 6.04 Å². The molecular weight excluding hydrogens is 286 g/mol. The predicted octanol–water partition coefficient (Wildman–Crippen LogP) is 2.56. The quantitative estimate of drug-likeness (QED) is 0.678. The fourth-order valence-corrected chi connectivity index (χ4v) is 2.71. The van der Waals surface area contributed by atoms with E-state index in [1.54, 1.807) is 13.8 Å². The Bertz CT molecular complexity index is 476. The second-order valence-electron chi connectivity index (χ2n) is 5.56. The van der Waals surface area contributed by atoms with Crippen LogP contribution in [0, 0.1) is 11.8 Å². The summed E-state index contributed by atoms with van der Waals surface area (Å²) >= 11 is 4.26. The van der Waals surface area contributed by atoms with Crippen LogP contribution in [-0.4, -0.2) is 28.8 Å². The van der Waals surface area contributed by atoms with Crippen LogP contribution in [0.25, 0.3) is 0 Å². The summed E-state index contributed by atoms with van der Waals surface area (Å²) < 4.78 is 0. The molecule has 1 amide bonds. The number of amides is 1. The molecule has 0 spiro atoms. The maximum atomic E-state index is 12.4. The van der Waals surface area contributed by atoms with Gasteiger partial charge in [0, 0.05) is 5.75 Å². The molecule has 3 atom stereocenters. The Kier molecular flexibility index (Phi) is 6.75. The number of nitrogens with one attached hydrogen (secondary N) is 1. The summed E-state index contributed by atoms with van der Waals surface area (Å²) in [7, 11) is 0. The minimum absolute atomic E-state index is 0.0229. The molecule has 0 aliphatic heterocycles. The highest BCUT2D eigenvalue weighted by molar-refractivity contribution is 7.80. The predicted molar refractivity (Wildman–Crippen MR) is 86.6 cm³/mol. The Morgan fingerprint density at radius 1 is 1.19 bits per heavy atom. The molecule has 1 aromatic rings. The van der Waals surface area contributed by atoms with Gasteiger partial charge in [0.2, 0.25) is 5.91 Å². The van der Waals surface area contributed by atoms with Gasteiger partial charge in [-0.25, -0.2) is 4.79 Å². The highest BCUT2D eigenvalue weighted by atomic mass is 32.1. The molecule has 0 fully saturated rings. The van der Waals surface area contributed by atoms with Crippen molar-refractivity contribution in [3.05, 3.63) is 35.9 Å². The molecule has 1 aromatic carbocycles. The SMILES string of the molecule is CC(C)[C@H](NC(=O)[C@@H](CS)[C@@H](C)c1ccccc1)C(=O)O. The standard InChI is InChI=1S/C16H23NO3S/c1-10(2)14(16(19)20)17-15(18)13(9-21)11(3)12-7-5-4-6-8-12/h4-8,10-11,13-14,21H,9H2,1-3H3,(H,17,18)(H,19,20)/t11-,13-,14-/m0/s1. The molecule has 0 saturated carbocycles. The molecule has 2 N–H and O–H groups in total. The Morgan fingerprint density at radius 3 is 2.19 bits per heavy atom. The Balaban J connectivity index is 2.84. The molecule has 116 valence electrons. The molecule has 0 saturated heterocycles. The normalized spacial score (nSPS) is 15.3. The van der Waals surface area contributed by atoms with E-state index in [2.05, 4.69) is 17.9 Å². The van der Waals surface area contributed by atoms with Gasteiger partial charge in [-0.05, 0) is 17.4 Å². The second kappa shape index (κ2) is 8.08. The maximum absolute atomic E-state index is 12.4. The lowest BCUT2D eigenvalue weighted by atomic mass is 9.87. The highest BCUT2D eigenvalue weighted by Crippen LogP contribution is 2.25. The van der Waals surface area contributed by atoms with Gasteiger partial charge in [0.25, 0.3) is 0 Å². The number of benzene rings is 1. The Labute approximate surface area is 131 Å². The van der Waals surface area contributed by atoms with Gasteiger partial charge in [0.15, 0.2) is 0 Å². The Morgan fingerprint density at radius 2 is 1.76 bits per heavy atom. The van der Waals surface area contributed by atoms with Crippen molar-refractivity contribution in [3.8, 4) is 0 Å². The van der Waals surface area contributed by atoms with E-state index in [-0.39, 0.29) is 23.7 Å². The molecule has 0 aromatic heterocycles. The largest absolute Gasteiger partial charge is 0.480 e. The molecule has 21 heavy (non-hydrogen) atoms. The van der Waals surface area contributed by atoms with Crippen molar-refractivity contribution >= 4 is 24.5 Å². The number of thiol groups is 1. The van der Waals surface area contributed by atoms with E-state index in [0.717, 1.165) is 5.56 Å². The zero-order chi connectivity index (χ0) is 16.0. The molecule has 1 rings (SSSR count). The van der Waals surface area contributed by atoms with Crippen LogP contribution in [-0.2, 0) is 9.59 Å². The lowest BCUT2D eigenvalue weighted by Crippen LogP contribution is -2.47. The molecular formula is C16H23NO3S. The van der Waals surface area contributed by atoms with Crippen LogP contribution in [0.2, 0.25) is 0 Å². The lowest BCUT2D eigenvalue weighted by Gasteiger charge is -2.25. The van der Waals surface area contributed by atoms with Crippen LogP contribution in [0.15, 0.2) is 30.3 Å². The number of carboxylic acids is 1. The third kappa shape index (κ3) is 4.77. The fourth-order valence-electron chi connectivity index (χ4n) is 2.23. The minimum Gasteiger partial charge on any atom is -0.480 e. The van der Waals surface area contributed by atoms with Gasteiger partial charge >= 0.3 is 5.97 Å². The number of rotatable bonds is 7. The van der Waals surface area contributed by atoms with Crippen molar-refractivity contribution in [1.82, 2.24) is 5.32 Å². The fraction of sp³-hybridized carbons (Fsp3) is 0.500. The molecule has 0 heterocycles. The summed E-state index contributed by atoms with van der Waals surface area (Å²) in [6.07, 6.45) is 0. The van der Waals surface area contributed by atoms with E-state index in [0.29, 0.717) is 5.75 Å². The first-order chi connectivity index (χ1) is 9.88. The van der Waals surface area contributed by atoms with Crippen LogP contribution < -0.4 is 5.32 Å². The molecule has 0 unspecified atom stereocenters. The highest BCUT2D eigenvalue weighted by Gasteiger charge is 2.30. The van der Waals surface area contributed by atoms with Crippen molar-refractivity contribution in [2.75, 3.05) is 5.75 Å². The van der Waals surface area contributed by atoms with E-state index in [4.69, 9.17) is 5.11 Å². The Hall–Kier alpha value is -1.49. The molecule has 4 nitrogen and oxygen atoms in total. The number of aliphatic carboxylic acids is 1. The number of hydrogen-bond donors (Lipinski definition) is 3. The summed E-state index contributed by atoms with van der Waals surface area (Å²) in [5, 5.41) is 11.8. The monoisotopic (exact) mass is 309 g/mol. The zero-order valence-electron chi connectivity index (χ0n) is 12.6. The third-order valence-corrected chi connectivity index (χ3v) is 4.09. The summed E-state index contributed by atoms with van der Waals surface area (Å²) in [6.45, 7) is 5.51. The smallest absolute Gasteiger partial charge is 0.326 e. The average molecular weight is 309 g/mol. The number of carbonyl (C=O) groups excluding carboxylic acids is 1. The van der Waals surface area contributed by atoms with E-state index in [9.17, 15) is 9.59 Å². The van der Waals surface area contributed by atoms with Gasteiger partial charge < -0.3 is 10.4 Å². The van der Waals surface area contributed by atoms with Crippen molar-refractivity contribution < 1.29 is 14.7 Å². The van der Waals surface area contributed by atoms with Gasteiger partial charge in [-0.3, -0.25) is 4.79 Å².